The summed E-state index contributed by atoms with van der Waals surface area (Å²) in [4.78, 5) is 14.0. The third kappa shape index (κ3) is 4.15. The van der Waals surface area contributed by atoms with Gasteiger partial charge in [-0.05, 0) is 59.3 Å². The number of nitrogens with zero attached hydrogens (tertiary/aromatic N) is 1. The molecule has 1 N–H and O–H groups in total. The van der Waals surface area contributed by atoms with E-state index in [1.807, 2.05) is 24.3 Å². The quantitative estimate of drug-likeness (QED) is 0.648. The van der Waals surface area contributed by atoms with Crippen LogP contribution in [0.25, 0.3) is 0 Å². The molecule has 1 atom stereocenters. The summed E-state index contributed by atoms with van der Waals surface area (Å²) in [6, 6.07) is 10.1. The van der Waals surface area contributed by atoms with Crippen LogP contribution in [0.2, 0.25) is 0 Å². The van der Waals surface area contributed by atoms with E-state index >= 15 is 0 Å². The fourth-order valence-electron chi connectivity index (χ4n) is 3.83. The lowest BCUT2D eigenvalue weighted by Gasteiger charge is -2.33. The van der Waals surface area contributed by atoms with Crippen molar-refractivity contribution in [3.8, 4) is 6.07 Å². The van der Waals surface area contributed by atoms with Crippen molar-refractivity contribution in [3.63, 3.8) is 0 Å². The summed E-state index contributed by atoms with van der Waals surface area (Å²) in [6.07, 6.45) is 3.02. The summed E-state index contributed by atoms with van der Waals surface area (Å²) in [5.74, 6) is 0.460. The second kappa shape index (κ2) is 7.37. The van der Waals surface area contributed by atoms with E-state index in [0.717, 1.165) is 24.8 Å². The molecule has 0 radical (unpaired) electrons. The zero-order valence-electron chi connectivity index (χ0n) is 17.8. The summed E-state index contributed by atoms with van der Waals surface area (Å²) in [5.41, 5.74) is 3.93. The molecule has 1 aromatic heterocycles. The molecule has 1 amide bonds. The van der Waals surface area contributed by atoms with Gasteiger partial charge in [-0.3, -0.25) is 4.79 Å². The predicted molar refractivity (Wildman–Crippen MR) is 117 cm³/mol. The van der Waals surface area contributed by atoms with Gasteiger partial charge in [0.15, 0.2) is 0 Å². The van der Waals surface area contributed by atoms with E-state index in [9.17, 15) is 10.1 Å². The molecule has 4 heteroatoms. The third-order valence-corrected chi connectivity index (χ3v) is 7.01. The second-order valence-electron chi connectivity index (χ2n) is 9.91. The highest BCUT2D eigenvalue weighted by Gasteiger charge is 2.32. The van der Waals surface area contributed by atoms with Crippen molar-refractivity contribution in [2.75, 3.05) is 5.32 Å². The van der Waals surface area contributed by atoms with Crippen molar-refractivity contribution >= 4 is 22.2 Å². The molecule has 0 saturated carbocycles. The van der Waals surface area contributed by atoms with Crippen molar-refractivity contribution < 1.29 is 4.79 Å². The van der Waals surface area contributed by atoms with Crippen LogP contribution >= 0.6 is 11.3 Å². The number of amides is 1. The van der Waals surface area contributed by atoms with Gasteiger partial charge in [-0.1, -0.05) is 53.7 Å². The normalized spacial score (nSPS) is 17.0. The Labute approximate surface area is 172 Å². The average molecular weight is 395 g/mol. The number of anilines is 1. The topological polar surface area (TPSA) is 52.9 Å². The van der Waals surface area contributed by atoms with E-state index in [4.69, 9.17) is 0 Å². The average Bonchev–Trinajstić information content (AvgIpc) is 2.96. The number of carbonyl (C=O) groups is 1. The van der Waals surface area contributed by atoms with E-state index in [-0.39, 0.29) is 16.7 Å². The van der Waals surface area contributed by atoms with E-state index < -0.39 is 0 Å². The molecule has 2 aromatic rings. The van der Waals surface area contributed by atoms with Crippen molar-refractivity contribution in [1.82, 2.24) is 0 Å². The van der Waals surface area contributed by atoms with Gasteiger partial charge >= 0.3 is 0 Å². The number of benzene rings is 1. The molecule has 3 rings (SSSR count). The predicted octanol–water partition coefficient (Wildman–Crippen LogP) is 6.32. The van der Waals surface area contributed by atoms with Crippen LogP contribution in [-0.2, 0) is 18.3 Å². The number of hydrogen-bond donors (Lipinski definition) is 1. The number of nitriles is 1. The first-order chi connectivity index (χ1) is 13.0. The van der Waals surface area contributed by atoms with Gasteiger partial charge in [0.05, 0.1) is 5.56 Å². The van der Waals surface area contributed by atoms with Crippen LogP contribution in [0.1, 0.15) is 79.9 Å². The maximum Gasteiger partial charge on any atom is 0.256 e. The Hall–Kier alpha value is -2.12. The van der Waals surface area contributed by atoms with Crippen molar-refractivity contribution in [2.24, 2.45) is 11.3 Å². The first kappa shape index (κ1) is 20.6. The number of nitrogens with one attached hydrogen (secondary N) is 1. The molecule has 1 aliphatic carbocycles. The van der Waals surface area contributed by atoms with Crippen molar-refractivity contribution in [1.29, 1.82) is 5.26 Å². The zero-order valence-corrected chi connectivity index (χ0v) is 18.6. The highest BCUT2D eigenvalue weighted by Crippen LogP contribution is 2.44. The van der Waals surface area contributed by atoms with Gasteiger partial charge in [0, 0.05) is 10.4 Å². The molecule has 0 spiro atoms. The van der Waals surface area contributed by atoms with Crippen LogP contribution in [-0.4, -0.2) is 5.91 Å². The van der Waals surface area contributed by atoms with E-state index in [1.165, 1.54) is 10.4 Å². The van der Waals surface area contributed by atoms with Crippen LogP contribution < -0.4 is 5.32 Å². The maximum atomic E-state index is 12.8. The summed E-state index contributed by atoms with van der Waals surface area (Å²) in [7, 11) is 0. The molecule has 0 aliphatic heterocycles. The van der Waals surface area contributed by atoms with Crippen molar-refractivity contribution in [3.05, 3.63) is 51.4 Å². The van der Waals surface area contributed by atoms with E-state index in [0.29, 0.717) is 22.0 Å². The van der Waals surface area contributed by atoms with Gasteiger partial charge in [-0.2, -0.15) is 5.26 Å². The molecule has 1 heterocycles. The molecule has 0 fully saturated rings. The Morgan fingerprint density at radius 3 is 2.32 bits per heavy atom. The Bertz CT molecular complexity index is 918. The minimum atomic E-state index is -0.150. The molecular weight excluding hydrogens is 364 g/mol. The van der Waals surface area contributed by atoms with Gasteiger partial charge < -0.3 is 5.32 Å². The number of thiophene rings is 1. The Kier molecular flexibility index (Phi) is 5.42. The minimum Gasteiger partial charge on any atom is -0.312 e. The molecular formula is C24H30N2OS. The third-order valence-electron chi connectivity index (χ3n) is 5.84. The van der Waals surface area contributed by atoms with Crippen LogP contribution in [0, 0.1) is 22.7 Å². The van der Waals surface area contributed by atoms with Gasteiger partial charge in [-0.15, -0.1) is 11.3 Å². The molecule has 148 valence electrons. The number of rotatable bonds is 2. The zero-order chi connectivity index (χ0) is 20.7. The van der Waals surface area contributed by atoms with Gasteiger partial charge in [0.25, 0.3) is 5.91 Å². The van der Waals surface area contributed by atoms with E-state index in [2.05, 4.69) is 52.9 Å². The SMILES string of the molecule is CC(C)(C)c1ccc(C(=O)Nc2sc3c(c2C#N)CC[C@@H](C(C)(C)C)C3)cc1. The molecule has 0 saturated heterocycles. The largest absolute Gasteiger partial charge is 0.312 e. The van der Waals surface area contributed by atoms with Crippen LogP contribution in [0.5, 0.6) is 0 Å². The number of carbonyl (C=O) groups excluding carboxylic acids is 1. The Morgan fingerprint density at radius 1 is 1.14 bits per heavy atom. The monoisotopic (exact) mass is 394 g/mol. The lowest BCUT2D eigenvalue weighted by molar-refractivity contribution is 0.102. The van der Waals surface area contributed by atoms with Crippen LogP contribution in [0.3, 0.4) is 0 Å². The second-order valence-corrected chi connectivity index (χ2v) is 11.0. The molecule has 0 unspecified atom stereocenters. The lowest BCUT2D eigenvalue weighted by atomic mass is 9.72. The summed E-state index contributed by atoms with van der Waals surface area (Å²) >= 11 is 1.58. The lowest BCUT2D eigenvalue weighted by Crippen LogP contribution is -2.26. The summed E-state index contributed by atoms with van der Waals surface area (Å²) < 4.78 is 0. The molecule has 0 bridgehead atoms. The molecule has 3 nitrogen and oxygen atoms in total. The Balaban J connectivity index is 1.83. The summed E-state index contributed by atoms with van der Waals surface area (Å²) in [6.45, 7) is 13.3. The molecule has 1 aromatic carbocycles. The highest BCUT2D eigenvalue weighted by molar-refractivity contribution is 7.16. The van der Waals surface area contributed by atoms with Crippen molar-refractivity contribution in [2.45, 2.75) is 66.2 Å². The fraction of sp³-hybridized carbons (Fsp3) is 0.500. The summed E-state index contributed by atoms with van der Waals surface area (Å²) in [5, 5.41) is 13.4. The molecule has 28 heavy (non-hydrogen) atoms. The number of hydrogen-bond acceptors (Lipinski definition) is 3. The smallest absolute Gasteiger partial charge is 0.256 e. The number of fused-ring (bicyclic) bond motifs is 1. The van der Waals surface area contributed by atoms with Crippen LogP contribution in [0.15, 0.2) is 24.3 Å². The van der Waals surface area contributed by atoms with Gasteiger partial charge in [0.1, 0.15) is 11.1 Å². The van der Waals surface area contributed by atoms with Gasteiger partial charge in [0.2, 0.25) is 0 Å². The first-order valence-corrected chi connectivity index (χ1v) is 10.8. The standard InChI is InChI=1S/C24H30N2OS/c1-23(2,3)16-9-7-15(8-10-16)21(27)26-22-19(14-25)18-12-11-17(24(4,5)6)13-20(18)28-22/h7-10,17H,11-13H2,1-6H3,(H,26,27)/t17-/m1/s1. The molecule has 1 aliphatic rings. The first-order valence-electron chi connectivity index (χ1n) is 9.97. The fourth-order valence-corrected chi connectivity index (χ4v) is 5.10. The Morgan fingerprint density at radius 2 is 1.79 bits per heavy atom. The van der Waals surface area contributed by atoms with E-state index in [1.54, 1.807) is 11.3 Å². The highest BCUT2D eigenvalue weighted by atomic mass is 32.1. The van der Waals surface area contributed by atoms with Gasteiger partial charge in [-0.25, -0.2) is 0 Å². The maximum absolute atomic E-state index is 12.8. The minimum absolute atomic E-state index is 0.0549. The van der Waals surface area contributed by atoms with Crippen LogP contribution in [0.4, 0.5) is 5.00 Å².